The highest BCUT2D eigenvalue weighted by molar-refractivity contribution is 6.30. The van der Waals surface area contributed by atoms with Gasteiger partial charge in [0.25, 0.3) is 0 Å². The smallest absolute Gasteiger partial charge is 0.137 e. The highest BCUT2D eigenvalue weighted by Crippen LogP contribution is 2.18. The van der Waals surface area contributed by atoms with Gasteiger partial charge in [0.05, 0.1) is 6.54 Å². The van der Waals surface area contributed by atoms with Crippen molar-refractivity contribution in [3.8, 4) is 0 Å². The van der Waals surface area contributed by atoms with Crippen molar-refractivity contribution < 1.29 is 0 Å². The number of anilines is 1. The molecule has 0 aliphatic rings. The largest absolute Gasteiger partial charge is 0.365 e. The van der Waals surface area contributed by atoms with Crippen molar-refractivity contribution in [2.45, 2.75) is 26.4 Å². The topological polar surface area (TPSA) is 55.6 Å². The van der Waals surface area contributed by atoms with Crippen LogP contribution in [-0.4, -0.2) is 25.8 Å². The number of nitrogens with zero attached hydrogens (tertiary/aromatic N) is 4. The third kappa shape index (κ3) is 2.94. The normalized spacial score (nSPS) is 12.4. The van der Waals surface area contributed by atoms with Crippen molar-refractivity contribution in [2.75, 3.05) is 5.32 Å². The van der Waals surface area contributed by atoms with E-state index >= 15 is 0 Å². The van der Waals surface area contributed by atoms with Crippen LogP contribution >= 0.6 is 11.6 Å². The molecule has 0 saturated heterocycles. The molecule has 1 unspecified atom stereocenters. The molecule has 17 heavy (non-hydrogen) atoms. The van der Waals surface area contributed by atoms with Gasteiger partial charge >= 0.3 is 0 Å². The van der Waals surface area contributed by atoms with Crippen LogP contribution in [-0.2, 0) is 6.54 Å². The number of hydrogen-bond acceptors (Lipinski definition) is 4. The summed E-state index contributed by atoms with van der Waals surface area (Å²) in [6, 6.07) is 2.11. The predicted octanol–water partition coefficient (Wildman–Crippen LogP) is 2.14. The second-order valence-electron chi connectivity index (χ2n) is 3.91. The van der Waals surface area contributed by atoms with E-state index in [-0.39, 0.29) is 6.04 Å². The number of rotatable bonds is 4. The summed E-state index contributed by atoms with van der Waals surface area (Å²) in [6.45, 7) is 4.73. The van der Waals surface area contributed by atoms with Crippen LogP contribution in [0.4, 0.5) is 5.82 Å². The van der Waals surface area contributed by atoms with Gasteiger partial charge in [-0.05, 0) is 19.9 Å². The number of nitrogens with one attached hydrogen (secondary N) is 1. The quantitative estimate of drug-likeness (QED) is 0.846. The van der Waals surface area contributed by atoms with Crippen molar-refractivity contribution in [3.05, 3.63) is 35.5 Å². The van der Waals surface area contributed by atoms with Crippen LogP contribution in [0.5, 0.6) is 0 Å². The van der Waals surface area contributed by atoms with E-state index in [0.717, 1.165) is 17.9 Å². The van der Waals surface area contributed by atoms with E-state index in [1.165, 1.54) is 6.33 Å². The van der Waals surface area contributed by atoms with Gasteiger partial charge in [0.15, 0.2) is 0 Å². The van der Waals surface area contributed by atoms with E-state index in [4.69, 9.17) is 11.6 Å². The van der Waals surface area contributed by atoms with E-state index in [1.54, 1.807) is 6.20 Å². The van der Waals surface area contributed by atoms with Gasteiger partial charge in [-0.2, -0.15) is 5.10 Å². The summed E-state index contributed by atoms with van der Waals surface area (Å²) in [5.41, 5.74) is 0.862. The van der Waals surface area contributed by atoms with Crippen LogP contribution in [0.15, 0.2) is 24.8 Å². The number of hydrogen-bond donors (Lipinski definition) is 1. The van der Waals surface area contributed by atoms with Crippen LogP contribution in [0, 0.1) is 6.92 Å². The van der Waals surface area contributed by atoms with Crippen molar-refractivity contribution in [3.63, 3.8) is 0 Å². The van der Waals surface area contributed by atoms with Crippen LogP contribution in [0.3, 0.4) is 0 Å². The molecule has 0 fully saturated rings. The molecule has 0 bridgehead atoms. The first-order valence-corrected chi connectivity index (χ1v) is 5.75. The van der Waals surface area contributed by atoms with Crippen molar-refractivity contribution in [1.29, 1.82) is 0 Å². The van der Waals surface area contributed by atoms with E-state index in [9.17, 15) is 0 Å². The minimum Gasteiger partial charge on any atom is -0.365 e. The molecule has 0 radical (unpaired) electrons. The molecule has 0 aliphatic carbocycles. The van der Waals surface area contributed by atoms with Crippen LogP contribution < -0.4 is 5.32 Å². The van der Waals surface area contributed by atoms with E-state index in [0.29, 0.717) is 5.15 Å². The second-order valence-corrected chi connectivity index (χ2v) is 4.27. The lowest BCUT2D eigenvalue weighted by atomic mass is 10.3. The molecule has 0 spiro atoms. The van der Waals surface area contributed by atoms with Gasteiger partial charge in [-0.25, -0.2) is 9.97 Å². The summed E-state index contributed by atoms with van der Waals surface area (Å²) in [7, 11) is 0. The van der Waals surface area contributed by atoms with Gasteiger partial charge in [-0.1, -0.05) is 11.6 Å². The fourth-order valence-electron chi connectivity index (χ4n) is 1.54. The molecule has 1 N–H and O–H groups in total. The Labute approximate surface area is 105 Å². The highest BCUT2D eigenvalue weighted by atomic mass is 35.5. The Hall–Kier alpha value is -1.62. The molecule has 2 rings (SSSR count). The molecule has 0 saturated carbocycles. The zero-order valence-electron chi connectivity index (χ0n) is 9.76. The Bertz CT molecular complexity index is 483. The summed E-state index contributed by atoms with van der Waals surface area (Å²) in [4.78, 5) is 8.09. The van der Waals surface area contributed by atoms with Crippen molar-refractivity contribution in [2.24, 2.45) is 0 Å². The minimum atomic E-state index is 0.208. The molecule has 90 valence electrons. The highest BCUT2D eigenvalue weighted by Gasteiger charge is 2.08. The molecule has 0 amide bonds. The Morgan fingerprint density at radius 1 is 1.47 bits per heavy atom. The molecule has 1 atom stereocenters. The minimum absolute atomic E-state index is 0.208. The average molecular weight is 252 g/mol. The maximum atomic E-state index is 5.93. The van der Waals surface area contributed by atoms with Gasteiger partial charge in [0.2, 0.25) is 0 Å². The van der Waals surface area contributed by atoms with Gasteiger partial charge in [0, 0.05) is 24.0 Å². The van der Waals surface area contributed by atoms with Gasteiger partial charge in [-0.15, -0.1) is 0 Å². The maximum absolute atomic E-state index is 5.93. The first-order valence-electron chi connectivity index (χ1n) is 5.38. The molecule has 2 aromatic heterocycles. The summed E-state index contributed by atoms with van der Waals surface area (Å²) >= 11 is 5.93. The fourth-order valence-corrected chi connectivity index (χ4v) is 1.68. The van der Waals surface area contributed by atoms with Gasteiger partial charge < -0.3 is 5.32 Å². The maximum Gasteiger partial charge on any atom is 0.137 e. The summed E-state index contributed by atoms with van der Waals surface area (Å²) in [6.07, 6.45) is 5.15. The zero-order valence-corrected chi connectivity index (χ0v) is 10.5. The average Bonchev–Trinajstić information content (AvgIpc) is 2.77. The fraction of sp³-hybridized carbons (Fsp3) is 0.364. The molecular weight excluding hydrogens is 238 g/mol. The first kappa shape index (κ1) is 11.9. The SMILES string of the molecule is Cc1c(Cl)ncnc1NC(C)Cn1cccn1. The summed E-state index contributed by atoms with van der Waals surface area (Å²) in [5.74, 6) is 0.768. The monoisotopic (exact) mass is 251 g/mol. The summed E-state index contributed by atoms with van der Waals surface area (Å²) in [5, 5.41) is 7.93. The Balaban J connectivity index is 2.03. The van der Waals surface area contributed by atoms with Crippen molar-refractivity contribution >= 4 is 17.4 Å². The molecule has 6 heteroatoms. The van der Waals surface area contributed by atoms with Crippen LogP contribution in [0.1, 0.15) is 12.5 Å². The number of halogens is 1. The summed E-state index contributed by atoms with van der Waals surface area (Å²) < 4.78 is 1.87. The lowest BCUT2D eigenvalue weighted by molar-refractivity contribution is 0.559. The van der Waals surface area contributed by atoms with Crippen molar-refractivity contribution in [1.82, 2.24) is 19.7 Å². The lowest BCUT2D eigenvalue weighted by Crippen LogP contribution is -2.23. The standard InChI is InChI=1S/C11H14ClN5/c1-8(6-17-5-3-4-15-17)16-11-9(2)10(12)13-7-14-11/h3-5,7-8H,6H2,1-2H3,(H,13,14,16). The van der Waals surface area contributed by atoms with Crippen LogP contribution in [0.2, 0.25) is 5.15 Å². The molecule has 5 nitrogen and oxygen atoms in total. The molecule has 2 heterocycles. The van der Waals surface area contributed by atoms with Gasteiger partial charge in [-0.3, -0.25) is 4.68 Å². The van der Waals surface area contributed by atoms with Gasteiger partial charge in [0.1, 0.15) is 17.3 Å². The third-order valence-electron chi connectivity index (χ3n) is 2.43. The van der Waals surface area contributed by atoms with E-state index < -0.39 is 0 Å². The Morgan fingerprint density at radius 3 is 3.00 bits per heavy atom. The lowest BCUT2D eigenvalue weighted by Gasteiger charge is -2.16. The van der Waals surface area contributed by atoms with E-state index in [2.05, 4.69) is 27.3 Å². The number of aromatic nitrogens is 4. The Kier molecular flexibility index (Phi) is 3.58. The molecule has 0 aromatic carbocycles. The van der Waals surface area contributed by atoms with E-state index in [1.807, 2.05) is 23.9 Å². The molecular formula is C11H14ClN5. The zero-order chi connectivity index (χ0) is 12.3. The second kappa shape index (κ2) is 5.14. The molecule has 2 aromatic rings. The molecule has 0 aliphatic heterocycles. The Morgan fingerprint density at radius 2 is 2.29 bits per heavy atom. The predicted molar refractivity (Wildman–Crippen MR) is 67.1 cm³/mol. The first-order chi connectivity index (χ1) is 8.16. The van der Waals surface area contributed by atoms with Crippen LogP contribution in [0.25, 0.3) is 0 Å². The third-order valence-corrected chi connectivity index (χ3v) is 2.81.